The Hall–Kier alpha value is -3.41. The van der Waals surface area contributed by atoms with E-state index in [0.29, 0.717) is 11.1 Å². The van der Waals surface area contributed by atoms with Crippen LogP contribution in [0.2, 0.25) is 0 Å². The van der Waals surface area contributed by atoms with Gasteiger partial charge in [0, 0.05) is 5.56 Å². The van der Waals surface area contributed by atoms with Gasteiger partial charge in [0.2, 0.25) is 0 Å². The first-order chi connectivity index (χ1) is 12.0. The quantitative estimate of drug-likeness (QED) is 0.702. The van der Waals surface area contributed by atoms with E-state index in [2.05, 4.69) is 10.6 Å². The lowest BCUT2D eigenvalue weighted by Gasteiger charge is -2.10. The molecule has 0 unspecified atom stereocenters. The first kappa shape index (κ1) is 17.9. The molecule has 0 atom stereocenters. The zero-order valence-electron chi connectivity index (χ0n) is 13.7. The van der Waals surface area contributed by atoms with Crippen LogP contribution in [0.4, 0.5) is 0 Å². The molecule has 0 spiro atoms. The lowest BCUT2D eigenvalue weighted by atomic mass is 10.1. The summed E-state index contributed by atoms with van der Waals surface area (Å²) in [5, 5.41) is 13.5. The van der Waals surface area contributed by atoms with Crippen LogP contribution in [0.25, 0.3) is 6.08 Å². The van der Waals surface area contributed by atoms with E-state index >= 15 is 0 Å². The van der Waals surface area contributed by atoms with Crippen LogP contribution in [0.5, 0.6) is 0 Å². The van der Waals surface area contributed by atoms with Crippen LogP contribution in [0.3, 0.4) is 0 Å². The topological polar surface area (TPSA) is 95.5 Å². The third-order valence-corrected chi connectivity index (χ3v) is 3.32. The predicted molar refractivity (Wildman–Crippen MR) is 93.7 cm³/mol. The molecular weight excluding hydrogens is 320 g/mol. The highest BCUT2D eigenvalue weighted by Gasteiger charge is 2.15. The highest BCUT2D eigenvalue weighted by Crippen LogP contribution is 2.08. The molecule has 0 saturated heterocycles. The molecule has 25 heavy (non-hydrogen) atoms. The molecule has 3 N–H and O–H groups in total. The summed E-state index contributed by atoms with van der Waals surface area (Å²) in [7, 11) is 0. The number of hydrogen-bond donors (Lipinski definition) is 3. The van der Waals surface area contributed by atoms with Crippen molar-refractivity contribution in [3.8, 4) is 0 Å². The maximum Gasteiger partial charge on any atom is 0.322 e. The number of carbonyl (C=O) groups is 3. The van der Waals surface area contributed by atoms with Gasteiger partial charge in [-0.15, -0.1) is 0 Å². The van der Waals surface area contributed by atoms with Crippen LogP contribution in [0.15, 0.2) is 60.3 Å². The Morgan fingerprint density at radius 3 is 2.24 bits per heavy atom. The SMILES string of the molecule is Cc1ccc(C(=O)N/C(=C/c2ccccc2)C(=O)NCC(=O)O)cc1. The van der Waals surface area contributed by atoms with Crippen molar-refractivity contribution in [2.45, 2.75) is 6.92 Å². The molecule has 2 rings (SSSR count). The molecule has 2 amide bonds. The molecule has 0 heterocycles. The summed E-state index contributed by atoms with van der Waals surface area (Å²) < 4.78 is 0. The second kappa shape index (κ2) is 8.44. The molecule has 0 bridgehead atoms. The van der Waals surface area contributed by atoms with Crippen LogP contribution in [-0.4, -0.2) is 29.4 Å². The molecule has 2 aromatic carbocycles. The minimum Gasteiger partial charge on any atom is -0.480 e. The summed E-state index contributed by atoms with van der Waals surface area (Å²) in [5.41, 5.74) is 2.08. The molecule has 0 aromatic heterocycles. The second-order valence-electron chi connectivity index (χ2n) is 5.37. The Labute approximate surface area is 145 Å². The van der Waals surface area contributed by atoms with E-state index in [4.69, 9.17) is 5.11 Å². The molecule has 0 radical (unpaired) electrons. The molecule has 128 valence electrons. The summed E-state index contributed by atoms with van der Waals surface area (Å²) in [6.45, 7) is 1.37. The fourth-order valence-corrected chi connectivity index (χ4v) is 2.02. The number of nitrogens with one attached hydrogen (secondary N) is 2. The van der Waals surface area contributed by atoms with E-state index in [-0.39, 0.29) is 5.70 Å². The van der Waals surface area contributed by atoms with Crippen molar-refractivity contribution in [3.63, 3.8) is 0 Å². The normalized spacial score (nSPS) is 10.8. The predicted octanol–water partition coefficient (Wildman–Crippen LogP) is 1.97. The third-order valence-electron chi connectivity index (χ3n) is 3.32. The van der Waals surface area contributed by atoms with Crippen molar-refractivity contribution < 1.29 is 19.5 Å². The van der Waals surface area contributed by atoms with Gasteiger partial charge in [-0.05, 0) is 30.7 Å². The van der Waals surface area contributed by atoms with Gasteiger partial charge in [0.05, 0.1) is 0 Å². The van der Waals surface area contributed by atoms with Gasteiger partial charge in [0.15, 0.2) is 0 Å². The van der Waals surface area contributed by atoms with E-state index in [0.717, 1.165) is 5.56 Å². The number of hydrogen-bond acceptors (Lipinski definition) is 3. The van der Waals surface area contributed by atoms with E-state index in [9.17, 15) is 14.4 Å². The van der Waals surface area contributed by atoms with Gasteiger partial charge in [0.1, 0.15) is 12.2 Å². The third kappa shape index (κ3) is 5.62. The number of carboxylic acids is 1. The molecule has 0 aliphatic heterocycles. The first-order valence-corrected chi connectivity index (χ1v) is 7.60. The van der Waals surface area contributed by atoms with Crippen molar-refractivity contribution in [3.05, 3.63) is 77.0 Å². The maximum atomic E-state index is 12.4. The Kier molecular flexibility index (Phi) is 6.06. The van der Waals surface area contributed by atoms with Gasteiger partial charge in [-0.1, -0.05) is 48.0 Å². The first-order valence-electron chi connectivity index (χ1n) is 7.60. The monoisotopic (exact) mass is 338 g/mol. The average molecular weight is 338 g/mol. The van der Waals surface area contributed by atoms with E-state index < -0.39 is 24.3 Å². The Bertz CT molecular complexity index is 796. The van der Waals surface area contributed by atoms with Crippen molar-refractivity contribution >= 4 is 23.9 Å². The highest BCUT2D eigenvalue weighted by atomic mass is 16.4. The molecule has 0 saturated carbocycles. The van der Waals surface area contributed by atoms with Crippen LogP contribution < -0.4 is 10.6 Å². The molecule has 2 aromatic rings. The van der Waals surface area contributed by atoms with Crippen LogP contribution in [0.1, 0.15) is 21.5 Å². The highest BCUT2D eigenvalue weighted by molar-refractivity contribution is 6.05. The summed E-state index contributed by atoms with van der Waals surface area (Å²) in [6, 6.07) is 15.8. The van der Waals surface area contributed by atoms with Crippen molar-refractivity contribution in [2.24, 2.45) is 0 Å². The minimum absolute atomic E-state index is 0.0296. The maximum absolute atomic E-state index is 12.4. The number of carboxylic acid groups (broad SMARTS) is 1. The summed E-state index contributed by atoms with van der Waals surface area (Å²) in [5.74, 6) is -2.29. The second-order valence-corrected chi connectivity index (χ2v) is 5.37. The number of aryl methyl sites for hydroxylation is 1. The Morgan fingerprint density at radius 1 is 1.00 bits per heavy atom. The molecule has 0 fully saturated rings. The van der Waals surface area contributed by atoms with Crippen molar-refractivity contribution in [1.82, 2.24) is 10.6 Å². The van der Waals surface area contributed by atoms with Gasteiger partial charge < -0.3 is 15.7 Å². The summed E-state index contributed by atoms with van der Waals surface area (Å²) >= 11 is 0. The van der Waals surface area contributed by atoms with E-state index in [1.165, 1.54) is 6.08 Å². The lowest BCUT2D eigenvalue weighted by molar-refractivity contribution is -0.137. The average Bonchev–Trinajstić information content (AvgIpc) is 2.60. The Balaban J connectivity index is 2.23. The van der Waals surface area contributed by atoms with Crippen LogP contribution >= 0.6 is 0 Å². The number of carbonyl (C=O) groups excluding carboxylic acids is 2. The number of amides is 2. The van der Waals surface area contributed by atoms with Crippen LogP contribution in [0, 0.1) is 6.92 Å². The molecule has 0 aliphatic rings. The molecule has 6 heteroatoms. The zero-order valence-corrected chi connectivity index (χ0v) is 13.7. The molecule has 6 nitrogen and oxygen atoms in total. The van der Waals surface area contributed by atoms with Crippen molar-refractivity contribution in [1.29, 1.82) is 0 Å². The summed E-state index contributed by atoms with van der Waals surface area (Å²) in [4.78, 5) is 35.2. The fraction of sp³-hybridized carbons (Fsp3) is 0.105. The number of aliphatic carboxylic acids is 1. The van der Waals surface area contributed by atoms with Gasteiger partial charge in [-0.25, -0.2) is 0 Å². The van der Waals surface area contributed by atoms with Crippen LogP contribution in [-0.2, 0) is 9.59 Å². The van der Waals surface area contributed by atoms with Gasteiger partial charge in [0.25, 0.3) is 11.8 Å². The number of rotatable bonds is 6. The van der Waals surface area contributed by atoms with Gasteiger partial charge in [-0.2, -0.15) is 0 Å². The Morgan fingerprint density at radius 2 is 1.64 bits per heavy atom. The lowest BCUT2D eigenvalue weighted by Crippen LogP contribution is -2.37. The standard InChI is InChI=1S/C19H18N2O4/c1-13-7-9-15(10-8-13)18(24)21-16(19(25)20-12-17(22)23)11-14-5-3-2-4-6-14/h2-11H,12H2,1H3,(H,20,25)(H,21,24)(H,22,23)/b16-11+. The molecular formula is C19H18N2O4. The smallest absolute Gasteiger partial charge is 0.322 e. The molecule has 0 aliphatic carbocycles. The van der Waals surface area contributed by atoms with E-state index in [1.807, 2.05) is 13.0 Å². The fourth-order valence-electron chi connectivity index (χ4n) is 2.02. The van der Waals surface area contributed by atoms with Gasteiger partial charge >= 0.3 is 5.97 Å². The van der Waals surface area contributed by atoms with E-state index in [1.54, 1.807) is 48.5 Å². The zero-order chi connectivity index (χ0) is 18.2. The largest absolute Gasteiger partial charge is 0.480 e. The summed E-state index contributed by atoms with van der Waals surface area (Å²) in [6.07, 6.45) is 1.49. The minimum atomic E-state index is -1.17. The van der Waals surface area contributed by atoms with Crippen molar-refractivity contribution in [2.75, 3.05) is 6.54 Å². The number of benzene rings is 2. The van der Waals surface area contributed by atoms with Gasteiger partial charge in [-0.3, -0.25) is 14.4 Å².